The normalized spacial score (nSPS) is 13.2. The molecule has 1 N–H and O–H groups in total. The molecular formula is C11H22N2O. The maximum absolute atomic E-state index is 11.6. The predicted octanol–water partition coefficient (Wildman–Crippen LogP) is 2.25. The average Bonchev–Trinajstić information content (AvgIpc) is 2.10. The molecule has 1 atom stereocenters. The van der Waals surface area contributed by atoms with Gasteiger partial charge < -0.3 is 10.2 Å². The zero-order chi connectivity index (χ0) is 11.4. The number of carbonyl (C=O) groups excluding carboxylic acids is 1. The van der Waals surface area contributed by atoms with Crippen LogP contribution < -0.4 is 5.32 Å². The van der Waals surface area contributed by atoms with Crippen LogP contribution in [0.15, 0.2) is 12.7 Å². The number of hydrogen-bond acceptors (Lipinski definition) is 1. The third-order valence-corrected chi connectivity index (χ3v) is 2.55. The molecule has 1 unspecified atom stereocenters. The number of urea groups is 1. The number of amides is 2. The van der Waals surface area contributed by atoms with E-state index in [0.29, 0.717) is 6.54 Å². The predicted molar refractivity (Wildman–Crippen MR) is 60.3 cm³/mol. The summed E-state index contributed by atoms with van der Waals surface area (Å²) in [7, 11) is 1.81. The minimum absolute atomic E-state index is 0.0488. The zero-order valence-electron chi connectivity index (χ0n) is 9.92. The van der Waals surface area contributed by atoms with E-state index in [2.05, 4.69) is 32.7 Å². The molecule has 0 heterocycles. The summed E-state index contributed by atoms with van der Waals surface area (Å²) in [5, 5.41) is 2.75. The topological polar surface area (TPSA) is 32.3 Å². The molecule has 2 amide bonds. The van der Waals surface area contributed by atoms with E-state index in [1.54, 1.807) is 11.0 Å². The molecule has 0 bridgehead atoms. The molecule has 0 aromatic heterocycles. The molecule has 0 aliphatic rings. The van der Waals surface area contributed by atoms with E-state index in [9.17, 15) is 4.79 Å². The molecule has 0 aliphatic carbocycles. The Kier molecular flexibility index (Phi) is 4.68. The zero-order valence-corrected chi connectivity index (χ0v) is 9.92. The van der Waals surface area contributed by atoms with Crippen molar-refractivity contribution in [3.8, 4) is 0 Å². The van der Waals surface area contributed by atoms with Gasteiger partial charge in [-0.25, -0.2) is 4.79 Å². The van der Waals surface area contributed by atoms with Crippen LogP contribution in [0.25, 0.3) is 0 Å². The SMILES string of the molecule is C=CCNC(=O)N(C)C(C)C(C)(C)C. The Morgan fingerprint density at radius 2 is 2.07 bits per heavy atom. The summed E-state index contributed by atoms with van der Waals surface area (Å²) in [6.45, 7) is 12.5. The second kappa shape index (κ2) is 5.03. The molecule has 0 aromatic carbocycles. The standard InChI is InChI=1S/C11H22N2O/c1-7-8-12-10(14)13(6)9(2)11(3,4)5/h7,9H,1,8H2,2-6H3,(H,12,14). The van der Waals surface area contributed by atoms with Crippen LogP contribution in [0.1, 0.15) is 27.7 Å². The number of rotatable bonds is 3. The van der Waals surface area contributed by atoms with Crippen LogP contribution in [0.4, 0.5) is 4.79 Å². The van der Waals surface area contributed by atoms with E-state index in [0.717, 1.165) is 0 Å². The summed E-state index contributed by atoms with van der Waals surface area (Å²) >= 11 is 0. The van der Waals surface area contributed by atoms with Gasteiger partial charge in [0, 0.05) is 19.6 Å². The van der Waals surface area contributed by atoms with Crippen molar-refractivity contribution in [2.24, 2.45) is 5.41 Å². The smallest absolute Gasteiger partial charge is 0.317 e. The molecule has 0 aliphatic heterocycles. The van der Waals surface area contributed by atoms with Gasteiger partial charge in [0.25, 0.3) is 0 Å². The third-order valence-electron chi connectivity index (χ3n) is 2.55. The van der Waals surface area contributed by atoms with Crippen molar-refractivity contribution in [1.29, 1.82) is 0 Å². The summed E-state index contributed by atoms with van der Waals surface area (Å²) in [6.07, 6.45) is 1.67. The van der Waals surface area contributed by atoms with Gasteiger partial charge in [0.15, 0.2) is 0 Å². The molecule has 0 spiro atoms. The van der Waals surface area contributed by atoms with Crippen LogP contribution in [0.5, 0.6) is 0 Å². The average molecular weight is 198 g/mol. The van der Waals surface area contributed by atoms with E-state index in [1.807, 2.05) is 14.0 Å². The maximum Gasteiger partial charge on any atom is 0.317 e. The van der Waals surface area contributed by atoms with E-state index in [1.165, 1.54) is 0 Å². The highest BCUT2D eigenvalue weighted by atomic mass is 16.2. The molecule has 3 heteroatoms. The Labute approximate surface area is 87.2 Å². The molecule has 0 radical (unpaired) electrons. The first-order valence-electron chi connectivity index (χ1n) is 4.92. The highest BCUT2D eigenvalue weighted by Gasteiger charge is 2.26. The van der Waals surface area contributed by atoms with Crippen LogP contribution in [0.3, 0.4) is 0 Å². The van der Waals surface area contributed by atoms with Crippen LogP contribution in [-0.4, -0.2) is 30.6 Å². The second-order valence-electron chi connectivity index (χ2n) is 4.63. The lowest BCUT2D eigenvalue weighted by Crippen LogP contribution is -2.47. The lowest BCUT2D eigenvalue weighted by atomic mass is 9.87. The molecule has 0 aromatic rings. The molecule has 0 rings (SSSR count). The van der Waals surface area contributed by atoms with Crippen LogP contribution in [0, 0.1) is 5.41 Å². The minimum atomic E-state index is -0.0488. The van der Waals surface area contributed by atoms with Gasteiger partial charge in [0.1, 0.15) is 0 Å². The number of carbonyl (C=O) groups is 1. The van der Waals surface area contributed by atoms with E-state index < -0.39 is 0 Å². The van der Waals surface area contributed by atoms with Crippen molar-refractivity contribution in [2.45, 2.75) is 33.7 Å². The van der Waals surface area contributed by atoms with Gasteiger partial charge >= 0.3 is 6.03 Å². The number of nitrogens with zero attached hydrogens (tertiary/aromatic N) is 1. The van der Waals surface area contributed by atoms with Gasteiger partial charge in [-0.3, -0.25) is 0 Å². The molecule has 0 saturated heterocycles. The molecule has 14 heavy (non-hydrogen) atoms. The van der Waals surface area contributed by atoms with Gasteiger partial charge in [-0.15, -0.1) is 6.58 Å². The van der Waals surface area contributed by atoms with E-state index in [4.69, 9.17) is 0 Å². The minimum Gasteiger partial charge on any atom is -0.335 e. The molecule has 0 saturated carbocycles. The Balaban J connectivity index is 4.24. The molecule has 82 valence electrons. The van der Waals surface area contributed by atoms with Crippen LogP contribution in [0.2, 0.25) is 0 Å². The van der Waals surface area contributed by atoms with E-state index in [-0.39, 0.29) is 17.5 Å². The Morgan fingerprint density at radius 1 is 1.57 bits per heavy atom. The van der Waals surface area contributed by atoms with E-state index >= 15 is 0 Å². The first-order valence-corrected chi connectivity index (χ1v) is 4.92. The first-order chi connectivity index (χ1) is 6.30. The lowest BCUT2D eigenvalue weighted by Gasteiger charge is -2.35. The fourth-order valence-corrected chi connectivity index (χ4v) is 1.04. The summed E-state index contributed by atoms with van der Waals surface area (Å²) in [6, 6.07) is 0.152. The summed E-state index contributed by atoms with van der Waals surface area (Å²) in [5.41, 5.74) is 0.0975. The second-order valence-corrected chi connectivity index (χ2v) is 4.63. The van der Waals surface area contributed by atoms with Gasteiger partial charge in [0.2, 0.25) is 0 Å². The Morgan fingerprint density at radius 3 is 2.43 bits per heavy atom. The van der Waals surface area contributed by atoms with Gasteiger partial charge in [-0.2, -0.15) is 0 Å². The van der Waals surface area contributed by atoms with Crippen LogP contribution >= 0.6 is 0 Å². The fourth-order valence-electron chi connectivity index (χ4n) is 1.04. The van der Waals surface area contributed by atoms with Crippen molar-refractivity contribution < 1.29 is 4.79 Å². The van der Waals surface area contributed by atoms with Gasteiger partial charge in [-0.05, 0) is 12.3 Å². The third kappa shape index (κ3) is 3.81. The lowest BCUT2D eigenvalue weighted by molar-refractivity contribution is 0.147. The highest BCUT2D eigenvalue weighted by Crippen LogP contribution is 2.22. The first kappa shape index (κ1) is 13.0. The summed E-state index contributed by atoms with van der Waals surface area (Å²) in [5.74, 6) is 0. The summed E-state index contributed by atoms with van der Waals surface area (Å²) in [4.78, 5) is 13.3. The highest BCUT2D eigenvalue weighted by molar-refractivity contribution is 5.74. The quantitative estimate of drug-likeness (QED) is 0.693. The van der Waals surface area contributed by atoms with Crippen LogP contribution in [-0.2, 0) is 0 Å². The fraction of sp³-hybridized carbons (Fsp3) is 0.727. The van der Waals surface area contributed by atoms with Gasteiger partial charge in [0.05, 0.1) is 0 Å². The summed E-state index contributed by atoms with van der Waals surface area (Å²) < 4.78 is 0. The molecule has 3 nitrogen and oxygen atoms in total. The Bertz CT molecular complexity index is 206. The number of nitrogens with one attached hydrogen (secondary N) is 1. The Hall–Kier alpha value is -0.990. The monoisotopic (exact) mass is 198 g/mol. The maximum atomic E-state index is 11.6. The van der Waals surface area contributed by atoms with Crippen molar-refractivity contribution >= 4 is 6.03 Å². The van der Waals surface area contributed by atoms with Crippen molar-refractivity contribution in [3.63, 3.8) is 0 Å². The van der Waals surface area contributed by atoms with Crippen molar-refractivity contribution in [2.75, 3.05) is 13.6 Å². The molecular weight excluding hydrogens is 176 g/mol. The number of hydrogen-bond donors (Lipinski definition) is 1. The van der Waals surface area contributed by atoms with Crippen molar-refractivity contribution in [1.82, 2.24) is 10.2 Å². The molecule has 0 fully saturated rings. The van der Waals surface area contributed by atoms with Gasteiger partial charge in [-0.1, -0.05) is 26.8 Å². The van der Waals surface area contributed by atoms with Crippen molar-refractivity contribution in [3.05, 3.63) is 12.7 Å². The largest absolute Gasteiger partial charge is 0.335 e.